The highest BCUT2D eigenvalue weighted by molar-refractivity contribution is 8.00. The molecule has 9 nitrogen and oxygen atoms in total. The Hall–Kier alpha value is -2.34. The second-order valence-corrected chi connectivity index (χ2v) is 11.2. The lowest BCUT2D eigenvalue weighted by Crippen LogP contribution is -2.51. The number of rotatable bonds is 9. The Morgan fingerprint density at radius 2 is 1.72 bits per heavy atom. The molecule has 1 heterocycles. The number of aryl methyl sites for hydroxylation is 1. The first-order chi connectivity index (χ1) is 17.0. The van der Waals surface area contributed by atoms with E-state index < -0.39 is 34.4 Å². The van der Waals surface area contributed by atoms with Gasteiger partial charge in [-0.1, -0.05) is 18.2 Å². The molecule has 0 spiro atoms. The van der Waals surface area contributed by atoms with Crippen LogP contribution in [0.4, 0.5) is 0 Å². The van der Waals surface area contributed by atoms with E-state index in [2.05, 4.69) is 5.32 Å². The van der Waals surface area contributed by atoms with Gasteiger partial charge in [-0.05, 0) is 62.1 Å². The molecule has 0 bridgehead atoms. The molecule has 1 saturated heterocycles. The molecule has 1 aliphatic heterocycles. The van der Waals surface area contributed by atoms with Gasteiger partial charge in [-0.2, -0.15) is 0 Å². The monoisotopic (exact) mass is 521 g/mol. The topological polar surface area (TPSA) is 160 Å². The number of hydrogen-bond donors (Lipinski definition) is 7. The van der Waals surface area contributed by atoms with Crippen LogP contribution in [-0.2, 0) is 11.2 Å². The van der Waals surface area contributed by atoms with E-state index in [-0.39, 0.29) is 31.5 Å². The molecule has 10 heteroatoms. The van der Waals surface area contributed by atoms with Gasteiger partial charge in [0, 0.05) is 5.56 Å². The summed E-state index contributed by atoms with van der Waals surface area (Å²) in [6.45, 7) is 4.54. The first kappa shape index (κ1) is 28.2. The quantitative estimate of drug-likeness (QED) is 0.253. The molecule has 0 unspecified atom stereocenters. The number of benzene rings is 2. The summed E-state index contributed by atoms with van der Waals surface area (Å²) >= 11 is 1.12. The van der Waals surface area contributed by atoms with E-state index >= 15 is 0 Å². The van der Waals surface area contributed by atoms with Gasteiger partial charge in [0.15, 0.2) is 6.61 Å². The van der Waals surface area contributed by atoms with E-state index in [0.717, 1.165) is 28.5 Å². The minimum atomic E-state index is -1.44. The van der Waals surface area contributed by atoms with Crippen LogP contribution in [0.25, 0.3) is 0 Å². The molecule has 0 aromatic heterocycles. The van der Waals surface area contributed by atoms with Gasteiger partial charge in [0.2, 0.25) is 0 Å². The van der Waals surface area contributed by atoms with E-state index in [0.29, 0.717) is 17.7 Å². The predicted octanol–water partition coefficient (Wildman–Crippen LogP) is 0.789. The smallest absolute Gasteiger partial charge is 0.258 e. The molecule has 198 valence electrons. The average Bonchev–Trinajstić information content (AvgIpc) is 2.84. The Morgan fingerprint density at radius 3 is 2.33 bits per heavy atom. The van der Waals surface area contributed by atoms with Crippen LogP contribution in [-0.4, -0.2) is 85.5 Å². The second kappa shape index (κ2) is 11.8. The van der Waals surface area contributed by atoms with E-state index in [1.807, 2.05) is 19.1 Å². The highest BCUT2D eigenvalue weighted by Gasteiger charge is 2.44. The molecule has 3 rings (SSSR count). The lowest BCUT2D eigenvalue weighted by atomic mass is 9.92. The fourth-order valence-electron chi connectivity index (χ4n) is 4.06. The Kier molecular flexibility index (Phi) is 9.26. The standard InChI is InChI=1S/C26H35NO8S/c1-14-8-19(30)18(25-24(34)23(33)22(32)20(11-28)36-25)10-16(14)9-15-4-6-17(7-5-15)35-12-21(31)27-26(2,3)13-29/h4-8,10,20,22-25,28-30,32-34H,9,11-13H2,1-3H3,(H,27,31)/t20-,22-,23+,24-,25+/m1/s1. The maximum absolute atomic E-state index is 12.0. The minimum absolute atomic E-state index is 0.0283. The third-order valence-electron chi connectivity index (χ3n) is 6.24. The largest absolute Gasteiger partial charge is 0.508 e. The van der Waals surface area contributed by atoms with Crippen molar-refractivity contribution in [2.45, 2.75) is 61.5 Å². The number of ether oxygens (including phenoxy) is 1. The molecule has 0 aliphatic carbocycles. The maximum Gasteiger partial charge on any atom is 0.258 e. The van der Waals surface area contributed by atoms with E-state index in [9.17, 15) is 35.4 Å². The number of aliphatic hydroxyl groups excluding tert-OH is 5. The van der Waals surface area contributed by atoms with Crippen LogP contribution in [0.1, 0.15) is 41.4 Å². The SMILES string of the molecule is Cc1cc(O)c([C@@H]2S[C@H](CO)[C@@H](O)[C@H](O)[C@H]2O)cc1Cc1ccc(OCC(=O)NC(C)(C)CO)cc1. The van der Waals surface area contributed by atoms with Crippen molar-refractivity contribution in [3.63, 3.8) is 0 Å². The molecule has 2 aromatic rings. The molecule has 1 amide bonds. The molecule has 0 radical (unpaired) electrons. The van der Waals surface area contributed by atoms with E-state index in [4.69, 9.17) is 4.74 Å². The van der Waals surface area contributed by atoms with Crippen LogP contribution in [0.2, 0.25) is 0 Å². The number of carbonyl (C=O) groups excluding carboxylic acids is 1. The molecular weight excluding hydrogens is 486 g/mol. The van der Waals surface area contributed by atoms with Crippen molar-refractivity contribution in [3.05, 3.63) is 58.7 Å². The van der Waals surface area contributed by atoms with Crippen LogP contribution < -0.4 is 10.1 Å². The number of aromatic hydroxyl groups is 1. The Morgan fingerprint density at radius 1 is 1.06 bits per heavy atom. The van der Waals surface area contributed by atoms with Crippen molar-refractivity contribution in [2.24, 2.45) is 0 Å². The van der Waals surface area contributed by atoms with Gasteiger partial charge in [0.05, 0.1) is 41.5 Å². The zero-order chi connectivity index (χ0) is 26.6. The molecular formula is C26H35NO8S. The van der Waals surface area contributed by atoms with Gasteiger partial charge in [0.1, 0.15) is 17.6 Å². The molecule has 2 aromatic carbocycles. The van der Waals surface area contributed by atoms with Crippen LogP contribution >= 0.6 is 11.8 Å². The van der Waals surface area contributed by atoms with Gasteiger partial charge in [-0.25, -0.2) is 0 Å². The van der Waals surface area contributed by atoms with Crippen molar-refractivity contribution in [3.8, 4) is 11.5 Å². The molecule has 7 N–H and O–H groups in total. The van der Waals surface area contributed by atoms with Crippen LogP contribution in [0.3, 0.4) is 0 Å². The summed E-state index contributed by atoms with van der Waals surface area (Å²) in [6.07, 6.45) is -3.51. The van der Waals surface area contributed by atoms with Crippen LogP contribution in [0.5, 0.6) is 11.5 Å². The van der Waals surface area contributed by atoms with Crippen molar-refractivity contribution in [1.82, 2.24) is 5.32 Å². The second-order valence-electron chi connectivity index (χ2n) is 9.79. The Balaban J connectivity index is 1.71. The van der Waals surface area contributed by atoms with Crippen molar-refractivity contribution in [1.29, 1.82) is 0 Å². The summed E-state index contributed by atoms with van der Waals surface area (Å²) in [7, 11) is 0. The summed E-state index contributed by atoms with van der Waals surface area (Å²) in [6, 6.07) is 10.6. The highest BCUT2D eigenvalue weighted by atomic mass is 32.2. The fraction of sp³-hybridized carbons (Fsp3) is 0.500. The molecule has 0 saturated carbocycles. The number of phenolic OH excluding ortho intramolecular Hbond substituents is 1. The number of nitrogens with one attached hydrogen (secondary N) is 1. The van der Waals surface area contributed by atoms with Crippen molar-refractivity contribution < 1.29 is 40.2 Å². The maximum atomic E-state index is 12.0. The Labute approximate surface area is 214 Å². The third-order valence-corrected chi connectivity index (χ3v) is 7.85. The van der Waals surface area contributed by atoms with E-state index in [1.165, 1.54) is 0 Å². The number of thioether (sulfide) groups is 1. The summed E-state index contributed by atoms with van der Waals surface area (Å²) in [5.41, 5.74) is 2.39. The van der Waals surface area contributed by atoms with Crippen LogP contribution in [0.15, 0.2) is 36.4 Å². The fourth-order valence-corrected chi connectivity index (χ4v) is 5.50. The highest BCUT2D eigenvalue weighted by Crippen LogP contribution is 2.46. The summed E-state index contributed by atoms with van der Waals surface area (Å²) in [4.78, 5) is 12.0. The third kappa shape index (κ3) is 6.70. The summed E-state index contributed by atoms with van der Waals surface area (Å²) in [5, 5.41) is 61.6. The average molecular weight is 522 g/mol. The number of hydrogen-bond acceptors (Lipinski definition) is 9. The van der Waals surface area contributed by atoms with Gasteiger partial charge in [-0.15, -0.1) is 11.8 Å². The lowest BCUT2D eigenvalue weighted by molar-refractivity contribution is -0.125. The molecule has 1 fully saturated rings. The number of carbonyl (C=O) groups is 1. The Bertz CT molecular complexity index is 1040. The van der Waals surface area contributed by atoms with Crippen molar-refractivity contribution in [2.75, 3.05) is 19.8 Å². The van der Waals surface area contributed by atoms with Gasteiger partial charge in [0.25, 0.3) is 5.91 Å². The zero-order valence-electron chi connectivity index (χ0n) is 20.6. The van der Waals surface area contributed by atoms with Crippen molar-refractivity contribution >= 4 is 17.7 Å². The molecule has 5 atom stereocenters. The number of phenols is 1. The lowest BCUT2D eigenvalue weighted by Gasteiger charge is -2.40. The first-order valence-electron chi connectivity index (χ1n) is 11.7. The number of aliphatic hydroxyl groups is 5. The van der Waals surface area contributed by atoms with Crippen LogP contribution in [0, 0.1) is 6.92 Å². The van der Waals surface area contributed by atoms with Gasteiger partial charge < -0.3 is 40.7 Å². The normalized spacial score (nSPS) is 24.4. The molecule has 36 heavy (non-hydrogen) atoms. The summed E-state index contributed by atoms with van der Waals surface area (Å²) < 4.78 is 5.53. The first-order valence-corrected chi connectivity index (χ1v) is 12.7. The van der Waals surface area contributed by atoms with Gasteiger partial charge >= 0.3 is 0 Å². The van der Waals surface area contributed by atoms with E-state index in [1.54, 1.807) is 38.1 Å². The zero-order valence-corrected chi connectivity index (χ0v) is 21.4. The molecule has 1 aliphatic rings. The number of amides is 1. The summed E-state index contributed by atoms with van der Waals surface area (Å²) in [5.74, 6) is 0.150. The predicted molar refractivity (Wildman–Crippen MR) is 136 cm³/mol. The van der Waals surface area contributed by atoms with Gasteiger partial charge in [-0.3, -0.25) is 4.79 Å². The minimum Gasteiger partial charge on any atom is -0.508 e.